The van der Waals surface area contributed by atoms with Crippen LogP contribution in [-0.4, -0.2) is 18.3 Å². The summed E-state index contributed by atoms with van der Waals surface area (Å²) >= 11 is 3.43. The van der Waals surface area contributed by atoms with E-state index >= 15 is 0 Å². The first kappa shape index (κ1) is 25.0. The van der Waals surface area contributed by atoms with Gasteiger partial charge in [-0.25, -0.2) is 0 Å². The van der Waals surface area contributed by atoms with Gasteiger partial charge in [0.15, 0.2) is 11.2 Å². The number of hydrogen-bond acceptors (Lipinski definition) is 5. The van der Waals surface area contributed by atoms with Crippen molar-refractivity contribution in [3.05, 3.63) is 104 Å². The topological polar surface area (TPSA) is 76.8 Å². The Morgan fingerprint density at radius 1 is 1.05 bits per heavy atom. The Balaban J connectivity index is 1.67. The fourth-order valence-corrected chi connectivity index (χ4v) is 4.93. The van der Waals surface area contributed by atoms with Crippen molar-refractivity contribution in [1.29, 1.82) is 0 Å². The molecule has 0 aliphatic carbocycles. The second-order valence-corrected chi connectivity index (χ2v) is 10.5. The van der Waals surface area contributed by atoms with Crippen LogP contribution >= 0.6 is 15.9 Å². The van der Waals surface area contributed by atoms with Crippen LogP contribution < -0.4 is 15.1 Å². The molecule has 1 unspecified atom stereocenters. The minimum absolute atomic E-state index is 0.0200. The monoisotopic (exact) mass is 559 g/mol. The number of carbonyl (C=O) groups excluding carboxylic acids is 2. The van der Waals surface area contributed by atoms with E-state index in [0.29, 0.717) is 40.5 Å². The average Bonchev–Trinajstić information content (AvgIpc) is 3.17. The second kappa shape index (κ2) is 9.98. The van der Waals surface area contributed by atoms with Gasteiger partial charge in [-0.05, 0) is 79.4 Å². The van der Waals surface area contributed by atoms with Crippen molar-refractivity contribution in [3.8, 4) is 5.75 Å². The summed E-state index contributed by atoms with van der Waals surface area (Å²) in [6.45, 7) is 6.33. The standard InChI is InChI=1S/C30H26BrNO5/c1-17(2)13-14-36-23-6-4-5-20(15-23)27-26-28(34)24-16-21(31)9-12-25(24)37-29(26)30(35)32(27)22-10-7-19(8-11-22)18(3)33/h4-12,15-17,27H,13-14H2,1-3H3. The summed E-state index contributed by atoms with van der Waals surface area (Å²) in [5.41, 5.74) is 2.19. The lowest BCUT2D eigenvalue weighted by molar-refractivity contribution is 0.0970. The molecule has 4 aromatic rings. The third-order valence-electron chi connectivity index (χ3n) is 6.52. The number of ketones is 1. The average molecular weight is 560 g/mol. The first-order chi connectivity index (χ1) is 17.7. The van der Waals surface area contributed by atoms with Gasteiger partial charge in [-0.1, -0.05) is 41.9 Å². The molecule has 1 amide bonds. The first-order valence-electron chi connectivity index (χ1n) is 12.2. The lowest BCUT2D eigenvalue weighted by Gasteiger charge is -2.25. The summed E-state index contributed by atoms with van der Waals surface area (Å²) in [5, 5.41) is 0.393. The molecule has 0 radical (unpaired) electrons. The van der Waals surface area contributed by atoms with Crippen molar-refractivity contribution >= 4 is 44.3 Å². The number of rotatable bonds is 7. The number of carbonyl (C=O) groups is 2. The van der Waals surface area contributed by atoms with E-state index in [-0.39, 0.29) is 22.5 Å². The van der Waals surface area contributed by atoms with Crippen molar-refractivity contribution in [2.75, 3.05) is 11.5 Å². The molecule has 0 spiro atoms. The summed E-state index contributed by atoms with van der Waals surface area (Å²) in [4.78, 5) is 41.0. The third kappa shape index (κ3) is 4.71. The number of nitrogens with zero attached hydrogens (tertiary/aromatic N) is 1. The van der Waals surface area contributed by atoms with Gasteiger partial charge in [-0.15, -0.1) is 0 Å². The largest absolute Gasteiger partial charge is 0.494 e. The highest BCUT2D eigenvalue weighted by Crippen LogP contribution is 2.42. The third-order valence-corrected chi connectivity index (χ3v) is 7.02. The van der Waals surface area contributed by atoms with Crippen LogP contribution in [0.4, 0.5) is 5.69 Å². The predicted octanol–water partition coefficient (Wildman–Crippen LogP) is 6.93. The SMILES string of the molecule is CC(=O)c1ccc(N2C(=O)c3oc4ccc(Br)cc4c(=O)c3C2c2cccc(OCCC(C)C)c2)cc1. The molecule has 0 saturated heterocycles. The summed E-state index contributed by atoms with van der Waals surface area (Å²) in [6, 6.07) is 18.7. The van der Waals surface area contributed by atoms with Gasteiger partial charge in [0.25, 0.3) is 5.91 Å². The molecule has 6 nitrogen and oxygen atoms in total. The fourth-order valence-electron chi connectivity index (χ4n) is 4.57. The van der Waals surface area contributed by atoms with Crippen molar-refractivity contribution in [3.63, 3.8) is 0 Å². The van der Waals surface area contributed by atoms with Crippen LogP contribution in [0.25, 0.3) is 11.0 Å². The number of hydrogen-bond donors (Lipinski definition) is 0. The Morgan fingerprint density at radius 3 is 2.51 bits per heavy atom. The zero-order chi connectivity index (χ0) is 26.3. The maximum Gasteiger partial charge on any atom is 0.295 e. The smallest absolute Gasteiger partial charge is 0.295 e. The molecule has 0 N–H and O–H groups in total. The molecule has 1 aliphatic rings. The molecular weight excluding hydrogens is 534 g/mol. The number of ether oxygens (including phenoxy) is 1. The van der Waals surface area contributed by atoms with E-state index in [0.717, 1.165) is 16.5 Å². The normalized spacial score (nSPS) is 14.9. The van der Waals surface area contributed by atoms with E-state index in [9.17, 15) is 14.4 Å². The van der Waals surface area contributed by atoms with Crippen LogP contribution in [0.1, 0.15) is 65.3 Å². The summed E-state index contributed by atoms with van der Waals surface area (Å²) in [6.07, 6.45) is 0.911. The number of Topliss-reactive ketones (excluding diaryl/α,β-unsaturated/α-hetero) is 1. The van der Waals surface area contributed by atoms with Gasteiger partial charge in [0, 0.05) is 15.7 Å². The summed E-state index contributed by atoms with van der Waals surface area (Å²) in [7, 11) is 0. The van der Waals surface area contributed by atoms with Crippen LogP contribution in [-0.2, 0) is 0 Å². The zero-order valence-corrected chi connectivity index (χ0v) is 22.4. The number of halogens is 1. The molecule has 0 fully saturated rings. The molecule has 37 heavy (non-hydrogen) atoms. The summed E-state index contributed by atoms with van der Waals surface area (Å²) in [5.74, 6) is 0.710. The molecule has 1 atom stereocenters. The maximum absolute atomic E-state index is 13.8. The first-order valence-corrected chi connectivity index (χ1v) is 13.0. The lowest BCUT2D eigenvalue weighted by Crippen LogP contribution is -2.29. The van der Waals surface area contributed by atoms with Gasteiger partial charge in [0.05, 0.1) is 23.6 Å². The van der Waals surface area contributed by atoms with Gasteiger partial charge < -0.3 is 9.15 Å². The van der Waals surface area contributed by atoms with Gasteiger partial charge in [0.1, 0.15) is 11.3 Å². The van der Waals surface area contributed by atoms with E-state index in [1.165, 1.54) is 6.92 Å². The fraction of sp³-hybridized carbons (Fsp3) is 0.233. The maximum atomic E-state index is 13.8. The highest BCUT2D eigenvalue weighted by Gasteiger charge is 2.43. The molecule has 1 aliphatic heterocycles. The predicted molar refractivity (Wildman–Crippen MR) is 147 cm³/mol. The van der Waals surface area contributed by atoms with Crippen LogP contribution in [0.15, 0.2) is 80.4 Å². The van der Waals surface area contributed by atoms with Crippen LogP contribution in [0.5, 0.6) is 5.75 Å². The van der Waals surface area contributed by atoms with E-state index < -0.39 is 11.9 Å². The lowest BCUT2D eigenvalue weighted by atomic mass is 9.98. The molecule has 7 heteroatoms. The van der Waals surface area contributed by atoms with E-state index in [1.54, 1.807) is 47.4 Å². The number of benzene rings is 3. The van der Waals surface area contributed by atoms with Gasteiger partial charge in [-0.3, -0.25) is 19.3 Å². The number of fused-ring (bicyclic) bond motifs is 2. The van der Waals surface area contributed by atoms with Gasteiger partial charge >= 0.3 is 0 Å². The second-order valence-electron chi connectivity index (χ2n) is 9.60. The molecular formula is C30H26BrNO5. The Kier molecular flexibility index (Phi) is 6.73. The minimum Gasteiger partial charge on any atom is -0.494 e. The molecule has 1 aromatic heterocycles. The molecule has 0 bridgehead atoms. The Labute approximate surface area is 223 Å². The van der Waals surface area contributed by atoms with Crippen molar-refractivity contribution < 1.29 is 18.7 Å². The Morgan fingerprint density at radius 2 is 1.81 bits per heavy atom. The Bertz CT molecular complexity index is 1570. The summed E-state index contributed by atoms with van der Waals surface area (Å²) < 4.78 is 12.8. The van der Waals surface area contributed by atoms with Crippen LogP contribution in [0.2, 0.25) is 0 Å². The molecule has 5 rings (SSSR count). The highest BCUT2D eigenvalue weighted by molar-refractivity contribution is 9.10. The number of amides is 1. The highest BCUT2D eigenvalue weighted by atomic mass is 79.9. The molecule has 0 saturated carbocycles. The van der Waals surface area contributed by atoms with E-state index in [4.69, 9.17) is 9.15 Å². The van der Waals surface area contributed by atoms with Crippen LogP contribution in [0, 0.1) is 5.92 Å². The number of anilines is 1. The van der Waals surface area contributed by atoms with Crippen molar-refractivity contribution in [2.24, 2.45) is 5.92 Å². The minimum atomic E-state index is -0.723. The van der Waals surface area contributed by atoms with Gasteiger partial charge in [0.2, 0.25) is 5.76 Å². The van der Waals surface area contributed by atoms with Crippen molar-refractivity contribution in [1.82, 2.24) is 0 Å². The molecule has 3 aromatic carbocycles. The Hall–Kier alpha value is -3.71. The molecule has 2 heterocycles. The van der Waals surface area contributed by atoms with E-state index in [2.05, 4.69) is 29.8 Å². The van der Waals surface area contributed by atoms with Crippen molar-refractivity contribution in [2.45, 2.75) is 33.2 Å². The molecule has 188 valence electrons. The van der Waals surface area contributed by atoms with Gasteiger partial charge in [-0.2, -0.15) is 0 Å². The zero-order valence-electron chi connectivity index (χ0n) is 20.8. The van der Waals surface area contributed by atoms with E-state index in [1.807, 2.05) is 24.3 Å². The van der Waals surface area contributed by atoms with Crippen LogP contribution in [0.3, 0.4) is 0 Å². The quantitative estimate of drug-likeness (QED) is 0.229.